The molecule has 2 aliphatic rings. The Morgan fingerprint density at radius 3 is 2.17 bits per heavy atom. The fourth-order valence-electron chi connectivity index (χ4n) is 3.08. The summed E-state index contributed by atoms with van der Waals surface area (Å²) < 4.78 is 0. The van der Waals surface area contributed by atoms with Gasteiger partial charge in [0, 0.05) is 17.5 Å². The third-order valence-electron chi connectivity index (χ3n) is 4.54. The lowest BCUT2D eigenvalue weighted by molar-refractivity contribution is 0.585. The fourth-order valence-corrected chi connectivity index (χ4v) is 3.08. The van der Waals surface area contributed by atoms with Crippen LogP contribution in [-0.4, -0.2) is 4.98 Å². The standard InChI is InChI=1S/C21H25NO/c1-20(2,3)14-8-7-13-12-22-17-10-9-16(21(4,5)6)19(23)18(17)15(13)11-14/h7-12,22H,1-6H3. The molecule has 1 N–H and O–H groups in total. The molecule has 0 bridgehead atoms. The molecule has 120 valence electrons. The smallest absolute Gasteiger partial charge is 0.192 e. The summed E-state index contributed by atoms with van der Waals surface area (Å²) in [5.41, 5.74) is 3.87. The van der Waals surface area contributed by atoms with Crippen molar-refractivity contribution >= 4 is 10.8 Å². The summed E-state index contributed by atoms with van der Waals surface area (Å²) in [6, 6.07) is 10.4. The molecule has 0 unspecified atom stereocenters. The van der Waals surface area contributed by atoms with Gasteiger partial charge in [-0.05, 0) is 39.3 Å². The van der Waals surface area contributed by atoms with Gasteiger partial charge >= 0.3 is 0 Å². The van der Waals surface area contributed by atoms with E-state index in [-0.39, 0.29) is 16.3 Å². The van der Waals surface area contributed by atoms with Crippen molar-refractivity contribution in [1.29, 1.82) is 0 Å². The molecule has 1 aromatic rings. The molecule has 0 spiro atoms. The maximum Gasteiger partial charge on any atom is 0.192 e. The molecular weight excluding hydrogens is 282 g/mol. The van der Waals surface area contributed by atoms with E-state index in [0.29, 0.717) is 0 Å². The van der Waals surface area contributed by atoms with Crippen molar-refractivity contribution in [3.05, 3.63) is 57.9 Å². The number of aromatic amines is 1. The highest BCUT2D eigenvalue weighted by molar-refractivity contribution is 5.96. The molecule has 1 aliphatic heterocycles. The second kappa shape index (κ2) is 4.95. The normalized spacial score (nSPS) is 13.0. The minimum Gasteiger partial charge on any atom is -0.360 e. The van der Waals surface area contributed by atoms with Gasteiger partial charge in [-0.1, -0.05) is 59.7 Å². The van der Waals surface area contributed by atoms with Crippen LogP contribution in [-0.2, 0) is 10.8 Å². The summed E-state index contributed by atoms with van der Waals surface area (Å²) in [6.07, 6.45) is 1.99. The molecule has 0 saturated carbocycles. The van der Waals surface area contributed by atoms with Gasteiger partial charge in [0.05, 0.1) is 5.56 Å². The Hall–Kier alpha value is -2.09. The minimum atomic E-state index is -0.158. The van der Waals surface area contributed by atoms with Gasteiger partial charge in [-0.2, -0.15) is 0 Å². The molecule has 0 fully saturated rings. The zero-order valence-electron chi connectivity index (χ0n) is 14.9. The molecular formula is C21H25NO. The Morgan fingerprint density at radius 1 is 0.870 bits per heavy atom. The molecule has 0 radical (unpaired) electrons. The predicted octanol–water partition coefficient (Wildman–Crippen LogP) is 5.23. The van der Waals surface area contributed by atoms with Crippen molar-refractivity contribution in [2.45, 2.75) is 52.4 Å². The van der Waals surface area contributed by atoms with Gasteiger partial charge in [0.15, 0.2) is 5.43 Å². The molecule has 23 heavy (non-hydrogen) atoms. The first-order valence-electron chi connectivity index (χ1n) is 8.18. The van der Waals surface area contributed by atoms with Gasteiger partial charge in [0.2, 0.25) is 0 Å². The maximum absolute atomic E-state index is 13.1. The highest BCUT2D eigenvalue weighted by Gasteiger charge is 2.23. The molecule has 1 heterocycles. The minimum absolute atomic E-state index is 0.0603. The summed E-state index contributed by atoms with van der Waals surface area (Å²) in [5, 5.41) is 2.12. The van der Waals surface area contributed by atoms with Crippen LogP contribution in [0.5, 0.6) is 0 Å². The van der Waals surface area contributed by atoms with E-state index in [1.165, 1.54) is 5.56 Å². The van der Waals surface area contributed by atoms with Crippen LogP contribution < -0.4 is 5.43 Å². The van der Waals surface area contributed by atoms with Crippen LogP contribution >= 0.6 is 0 Å². The summed E-state index contributed by atoms with van der Waals surface area (Å²) in [6.45, 7) is 12.9. The topological polar surface area (TPSA) is 32.9 Å². The van der Waals surface area contributed by atoms with Crippen LogP contribution in [0.3, 0.4) is 0 Å². The van der Waals surface area contributed by atoms with Gasteiger partial charge < -0.3 is 4.98 Å². The number of nitrogens with one attached hydrogen (secondary N) is 1. The molecule has 1 aliphatic carbocycles. The molecule has 3 rings (SSSR count). The van der Waals surface area contributed by atoms with Gasteiger partial charge in [-0.25, -0.2) is 0 Å². The monoisotopic (exact) mass is 307 g/mol. The van der Waals surface area contributed by atoms with Crippen molar-refractivity contribution in [1.82, 2.24) is 4.98 Å². The summed E-state index contributed by atoms with van der Waals surface area (Å²) >= 11 is 0. The first-order chi connectivity index (χ1) is 10.6. The number of rotatable bonds is 0. The Morgan fingerprint density at radius 2 is 1.57 bits per heavy atom. The zero-order chi connectivity index (χ0) is 17.0. The molecule has 1 aromatic carbocycles. The Bertz CT molecular complexity index is 904. The highest BCUT2D eigenvalue weighted by atomic mass is 16.1. The lowest BCUT2D eigenvalue weighted by Crippen LogP contribution is -2.24. The predicted molar refractivity (Wildman–Crippen MR) is 98.6 cm³/mol. The van der Waals surface area contributed by atoms with Crippen molar-refractivity contribution in [2.75, 3.05) is 0 Å². The van der Waals surface area contributed by atoms with E-state index >= 15 is 0 Å². The van der Waals surface area contributed by atoms with Crippen LogP contribution in [0.25, 0.3) is 22.0 Å². The van der Waals surface area contributed by atoms with Crippen LogP contribution in [0.1, 0.15) is 52.7 Å². The molecule has 0 saturated heterocycles. The zero-order valence-corrected chi connectivity index (χ0v) is 14.9. The van der Waals surface area contributed by atoms with Crippen molar-refractivity contribution < 1.29 is 0 Å². The van der Waals surface area contributed by atoms with E-state index in [2.05, 4.69) is 64.7 Å². The molecule has 0 atom stereocenters. The fraction of sp³-hybridized carbons (Fsp3) is 0.381. The maximum atomic E-state index is 13.1. The molecule has 2 heteroatoms. The van der Waals surface area contributed by atoms with Crippen LogP contribution in [0, 0.1) is 0 Å². The number of aromatic nitrogens is 1. The lowest BCUT2D eigenvalue weighted by atomic mass is 9.82. The van der Waals surface area contributed by atoms with Gasteiger partial charge in [0.25, 0.3) is 0 Å². The number of fused-ring (bicyclic) bond motifs is 3. The third-order valence-corrected chi connectivity index (χ3v) is 4.54. The Kier molecular flexibility index (Phi) is 3.40. The van der Waals surface area contributed by atoms with Gasteiger partial charge in [0.1, 0.15) is 0 Å². The lowest BCUT2D eigenvalue weighted by Gasteiger charge is -2.22. The average molecular weight is 307 g/mol. The van der Waals surface area contributed by atoms with Crippen molar-refractivity contribution in [3.8, 4) is 11.3 Å². The Balaban J connectivity index is 2.45. The van der Waals surface area contributed by atoms with E-state index in [0.717, 1.165) is 27.6 Å². The van der Waals surface area contributed by atoms with E-state index in [9.17, 15) is 4.79 Å². The molecule has 0 amide bonds. The highest BCUT2D eigenvalue weighted by Crippen LogP contribution is 2.32. The molecule has 2 nitrogen and oxygen atoms in total. The van der Waals surface area contributed by atoms with Crippen molar-refractivity contribution in [3.63, 3.8) is 0 Å². The van der Waals surface area contributed by atoms with Gasteiger partial charge in [-0.15, -0.1) is 0 Å². The second-order valence-corrected chi connectivity index (χ2v) is 8.46. The van der Waals surface area contributed by atoms with Crippen LogP contribution in [0.4, 0.5) is 0 Å². The first kappa shape index (κ1) is 15.8. The average Bonchev–Trinajstić information content (AvgIpc) is 2.44. The second-order valence-electron chi connectivity index (χ2n) is 8.46. The molecule has 0 aromatic heterocycles. The number of benzene rings is 2. The number of H-pyrrole nitrogens is 1. The SMILES string of the molecule is CC(C)(C)c1ccc2c[nH]c3ccc(C(C)(C)C)c(=O)c-3c2c1. The van der Waals surface area contributed by atoms with Crippen LogP contribution in [0.15, 0.2) is 41.3 Å². The first-order valence-corrected chi connectivity index (χ1v) is 8.18. The summed E-state index contributed by atoms with van der Waals surface area (Å²) in [4.78, 5) is 16.4. The van der Waals surface area contributed by atoms with Gasteiger partial charge in [-0.3, -0.25) is 4.79 Å². The summed E-state index contributed by atoms with van der Waals surface area (Å²) in [7, 11) is 0. The van der Waals surface area contributed by atoms with E-state index in [1.807, 2.05) is 18.3 Å². The number of pyridine rings is 1. The third kappa shape index (κ3) is 2.67. The van der Waals surface area contributed by atoms with Crippen molar-refractivity contribution in [2.24, 2.45) is 0 Å². The summed E-state index contributed by atoms with van der Waals surface area (Å²) in [5.74, 6) is 0. The van der Waals surface area contributed by atoms with Crippen LogP contribution in [0.2, 0.25) is 0 Å². The van der Waals surface area contributed by atoms with E-state index in [1.54, 1.807) is 0 Å². The Labute approximate surface area is 137 Å². The quantitative estimate of drug-likeness (QED) is 0.567. The number of hydrogen-bond donors (Lipinski definition) is 1. The largest absolute Gasteiger partial charge is 0.360 e. The van der Waals surface area contributed by atoms with E-state index < -0.39 is 0 Å². The number of hydrogen-bond acceptors (Lipinski definition) is 1. The van der Waals surface area contributed by atoms with E-state index in [4.69, 9.17) is 0 Å².